The fraction of sp³-hybridized carbons (Fsp3) is 0.278. The highest BCUT2D eigenvalue weighted by Gasteiger charge is 2.23. The lowest BCUT2D eigenvalue weighted by molar-refractivity contribution is 0.0711. The zero-order valence-corrected chi connectivity index (χ0v) is 14.5. The first-order chi connectivity index (χ1) is 12.6. The maximum absolute atomic E-state index is 13.6. The van der Waals surface area contributed by atoms with Gasteiger partial charge in [-0.3, -0.25) is 13.9 Å². The highest BCUT2D eigenvalue weighted by molar-refractivity contribution is 7.18. The van der Waals surface area contributed by atoms with Crippen molar-refractivity contribution in [3.8, 4) is 0 Å². The summed E-state index contributed by atoms with van der Waals surface area (Å²) < 4.78 is 29.5. The van der Waals surface area contributed by atoms with E-state index in [-0.39, 0.29) is 17.9 Å². The van der Waals surface area contributed by atoms with Gasteiger partial charge >= 0.3 is 6.55 Å². The van der Waals surface area contributed by atoms with Gasteiger partial charge in [-0.15, -0.1) is 11.3 Å². The van der Waals surface area contributed by atoms with Gasteiger partial charge in [0.2, 0.25) is 0 Å². The van der Waals surface area contributed by atoms with E-state index in [0.29, 0.717) is 16.4 Å². The van der Waals surface area contributed by atoms with E-state index in [1.165, 1.54) is 15.8 Å². The fourth-order valence-electron chi connectivity index (χ4n) is 3.71. The van der Waals surface area contributed by atoms with Crippen LogP contribution in [0.5, 0.6) is 0 Å². The third kappa shape index (κ3) is 2.21. The second-order valence-corrected chi connectivity index (χ2v) is 7.46. The minimum absolute atomic E-state index is 0.0363. The third-order valence-corrected chi connectivity index (χ3v) is 6.07. The van der Waals surface area contributed by atoms with Gasteiger partial charge in [-0.2, -0.15) is 8.78 Å². The molecule has 0 bridgehead atoms. The topological polar surface area (TPSA) is 52.7 Å². The summed E-state index contributed by atoms with van der Waals surface area (Å²) in [6, 6.07) is 6.74. The zero-order chi connectivity index (χ0) is 17.8. The Hall–Kier alpha value is -2.61. The Kier molecular flexibility index (Phi) is 3.43. The van der Waals surface area contributed by atoms with E-state index in [1.807, 2.05) is 0 Å². The number of rotatable bonds is 3. The maximum Gasteiger partial charge on any atom is 0.320 e. The molecule has 0 radical (unpaired) electrons. The van der Waals surface area contributed by atoms with E-state index in [2.05, 4.69) is 9.97 Å². The fourth-order valence-corrected chi connectivity index (χ4v) is 4.93. The number of alkyl halides is 2. The van der Waals surface area contributed by atoms with Crippen molar-refractivity contribution in [1.82, 2.24) is 19.1 Å². The van der Waals surface area contributed by atoms with Crippen LogP contribution in [-0.4, -0.2) is 19.1 Å². The largest absolute Gasteiger partial charge is 0.320 e. The van der Waals surface area contributed by atoms with Crippen molar-refractivity contribution in [3.63, 3.8) is 0 Å². The lowest BCUT2D eigenvalue weighted by Gasteiger charge is -2.09. The van der Waals surface area contributed by atoms with Crippen LogP contribution in [0, 0.1) is 0 Å². The van der Waals surface area contributed by atoms with Crippen molar-refractivity contribution in [2.75, 3.05) is 0 Å². The molecule has 1 aliphatic rings. The van der Waals surface area contributed by atoms with E-state index in [9.17, 15) is 13.6 Å². The minimum atomic E-state index is -2.73. The maximum atomic E-state index is 13.6. The Labute approximate surface area is 150 Å². The van der Waals surface area contributed by atoms with E-state index in [4.69, 9.17) is 0 Å². The van der Waals surface area contributed by atoms with Crippen molar-refractivity contribution in [2.45, 2.75) is 32.4 Å². The summed E-state index contributed by atoms with van der Waals surface area (Å²) in [5.74, 6) is 0.149. The van der Waals surface area contributed by atoms with Gasteiger partial charge in [0.25, 0.3) is 5.56 Å². The number of halogens is 2. The second-order valence-electron chi connectivity index (χ2n) is 6.38. The Morgan fingerprint density at radius 3 is 2.92 bits per heavy atom. The molecule has 0 saturated heterocycles. The number of nitrogens with zero attached hydrogens (tertiary/aromatic N) is 4. The van der Waals surface area contributed by atoms with Crippen LogP contribution in [0.2, 0.25) is 0 Å². The summed E-state index contributed by atoms with van der Waals surface area (Å²) in [6.45, 7) is -2.76. The third-order valence-electron chi connectivity index (χ3n) is 4.87. The molecule has 1 aliphatic carbocycles. The van der Waals surface area contributed by atoms with Gasteiger partial charge < -0.3 is 0 Å². The van der Waals surface area contributed by atoms with Crippen molar-refractivity contribution in [2.24, 2.45) is 0 Å². The normalized spacial score (nSPS) is 14.0. The number of imidazole rings is 1. The Morgan fingerprint density at radius 2 is 2.08 bits per heavy atom. The molecule has 1 aromatic carbocycles. The second kappa shape index (κ2) is 5.70. The molecule has 3 heterocycles. The first-order valence-corrected chi connectivity index (χ1v) is 9.19. The van der Waals surface area contributed by atoms with Crippen LogP contribution >= 0.6 is 11.3 Å². The molecule has 0 amide bonds. The number of hydrogen-bond donors (Lipinski definition) is 0. The lowest BCUT2D eigenvalue weighted by Crippen LogP contribution is -2.23. The molecule has 0 fully saturated rings. The van der Waals surface area contributed by atoms with Crippen LogP contribution in [0.3, 0.4) is 0 Å². The van der Waals surface area contributed by atoms with Gasteiger partial charge in [0.1, 0.15) is 10.7 Å². The Balaban J connectivity index is 1.66. The smallest absolute Gasteiger partial charge is 0.291 e. The molecule has 5 rings (SSSR count). The summed E-state index contributed by atoms with van der Waals surface area (Å²) in [5, 5.41) is 0.643. The van der Waals surface area contributed by atoms with E-state index in [1.54, 1.807) is 35.6 Å². The average molecular weight is 372 g/mol. The number of hydrogen-bond acceptors (Lipinski definition) is 4. The standard InChI is InChI=1S/C18H14F2N4OS/c19-18(20)24-12-6-2-1-5-11(12)22-14(24)8-23-9-21-16-15(17(23)25)10-4-3-7-13(10)26-16/h1-2,5-6,9,18H,3-4,7-8H2. The Morgan fingerprint density at radius 1 is 1.23 bits per heavy atom. The minimum Gasteiger partial charge on any atom is -0.291 e. The van der Waals surface area contributed by atoms with Gasteiger partial charge in [-0.1, -0.05) is 12.1 Å². The van der Waals surface area contributed by atoms with Gasteiger partial charge in [0, 0.05) is 4.88 Å². The van der Waals surface area contributed by atoms with Crippen molar-refractivity contribution < 1.29 is 8.78 Å². The number of para-hydroxylation sites is 2. The van der Waals surface area contributed by atoms with Crippen LogP contribution in [0.25, 0.3) is 21.3 Å². The molecular formula is C18H14F2N4OS. The molecule has 8 heteroatoms. The number of aryl methyl sites for hydroxylation is 2. The van der Waals surface area contributed by atoms with Gasteiger partial charge in [-0.25, -0.2) is 9.97 Å². The molecule has 26 heavy (non-hydrogen) atoms. The predicted molar refractivity (Wildman–Crippen MR) is 96.0 cm³/mol. The van der Waals surface area contributed by atoms with E-state index in [0.717, 1.165) is 34.2 Å². The van der Waals surface area contributed by atoms with Gasteiger partial charge in [0.05, 0.1) is 29.3 Å². The number of thiophene rings is 1. The molecule has 132 valence electrons. The molecule has 4 aromatic rings. The predicted octanol–water partition coefficient (Wildman–Crippen LogP) is 3.74. The number of aromatic nitrogens is 4. The molecule has 0 spiro atoms. The Bertz CT molecular complexity index is 1210. The molecule has 0 atom stereocenters. The zero-order valence-electron chi connectivity index (χ0n) is 13.7. The monoisotopic (exact) mass is 372 g/mol. The summed E-state index contributed by atoms with van der Waals surface area (Å²) in [4.78, 5) is 23.6. The summed E-state index contributed by atoms with van der Waals surface area (Å²) in [7, 11) is 0. The molecular weight excluding hydrogens is 358 g/mol. The first-order valence-electron chi connectivity index (χ1n) is 8.37. The van der Waals surface area contributed by atoms with Gasteiger partial charge in [0.15, 0.2) is 0 Å². The molecule has 5 nitrogen and oxygen atoms in total. The van der Waals surface area contributed by atoms with Crippen LogP contribution in [0.1, 0.15) is 29.2 Å². The van der Waals surface area contributed by atoms with Crippen molar-refractivity contribution in [1.29, 1.82) is 0 Å². The van der Waals surface area contributed by atoms with Gasteiger partial charge in [-0.05, 0) is 37.0 Å². The summed E-state index contributed by atoms with van der Waals surface area (Å²) in [6.07, 6.45) is 4.35. The molecule has 0 aliphatic heterocycles. The van der Waals surface area contributed by atoms with Crippen molar-refractivity contribution >= 4 is 32.6 Å². The number of fused-ring (bicyclic) bond motifs is 4. The van der Waals surface area contributed by atoms with Crippen LogP contribution in [0.15, 0.2) is 35.4 Å². The highest BCUT2D eigenvalue weighted by Crippen LogP contribution is 2.34. The van der Waals surface area contributed by atoms with Crippen molar-refractivity contribution in [3.05, 3.63) is 57.2 Å². The summed E-state index contributed by atoms with van der Waals surface area (Å²) >= 11 is 1.56. The highest BCUT2D eigenvalue weighted by atomic mass is 32.1. The first kappa shape index (κ1) is 15.6. The summed E-state index contributed by atoms with van der Waals surface area (Å²) in [5.41, 5.74) is 1.75. The van der Waals surface area contributed by atoms with Crippen LogP contribution < -0.4 is 5.56 Å². The van der Waals surface area contributed by atoms with E-state index >= 15 is 0 Å². The molecule has 0 unspecified atom stereocenters. The SMILES string of the molecule is O=c1c2c3c(sc2ncn1Cc1nc2ccccc2n1C(F)F)CCC3. The van der Waals surface area contributed by atoms with Crippen LogP contribution in [-0.2, 0) is 19.4 Å². The van der Waals surface area contributed by atoms with E-state index < -0.39 is 6.55 Å². The molecule has 3 aromatic heterocycles. The average Bonchev–Trinajstić information content (AvgIpc) is 3.28. The molecule has 0 saturated carbocycles. The van der Waals surface area contributed by atoms with Crippen LogP contribution in [0.4, 0.5) is 8.78 Å². The lowest BCUT2D eigenvalue weighted by atomic mass is 10.2. The number of benzene rings is 1. The molecule has 0 N–H and O–H groups in total. The quantitative estimate of drug-likeness (QED) is 0.551.